The van der Waals surface area contributed by atoms with Crippen molar-refractivity contribution in [1.82, 2.24) is 4.57 Å². The first kappa shape index (κ1) is 42.1. The van der Waals surface area contributed by atoms with Crippen LogP contribution in [-0.4, -0.2) is 4.57 Å². The Morgan fingerprint density at radius 3 is 1.25 bits per heavy atom. The normalized spacial score (nSPS) is 12.8. The fourth-order valence-electron chi connectivity index (χ4n) is 8.87. The molecule has 59 heavy (non-hydrogen) atoms. The average Bonchev–Trinajstić information content (AvgIpc) is 3.44. The predicted molar refractivity (Wildman–Crippen MR) is 259 cm³/mol. The molecule has 0 atom stereocenters. The van der Waals surface area contributed by atoms with Crippen molar-refractivity contribution < 1.29 is 0 Å². The molecule has 1 aromatic heterocycles. The van der Waals surface area contributed by atoms with Crippen molar-refractivity contribution in [2.45, 2.75) is 116 Å². The van der Waals surface area contributed by atoms with Crippen LogP contribution in [0.4, 0.5) is 11.4 Å². The van der Waals surface area contributed by atoms with Crippen LogP contribution in [0.25, 0.3) is 49.7 Å². The van der Waals surface area contributed by atoms with Crippen molar-refractivity contribution in [1.29, 1.82) is 0 Å². The Labute approximate surface area is 356 Å². The molecule has 7 aromatic rings. The third-order valence-corrected chi connectivity index (χ3v) is 11.1. The Morgan fingerprint density at radius 2 is 0.797 bits per heavy atom. The number of aryl methyl sites for hydroxylation is 1. The Morgan fingerprint density at radius 1 is 0.407 bits per heavy atom. The van der Waals surface area contributed by atoms with Crippen LogP contribution in [0.1, 0.15) is 111 Å². The standard InChI is InChI=1S/C57H68N2/c1-38-14-15-39(34-54(2,3)4)30-47(38)48-31-40(35-55(5,6)7)16-27-51(48)58-45-23-19-43(20-24-45)44-21-25-46(26-22-44)59-52-28-17-41(36-56(8,9)10)32-49(52)50-33-42(18-29-53(50)59)37-57(11,12)13/h14-33,58H,34-37H2,1-13H3. The number of nitrogens with one attached hydrogen (secondary N) is 1. The molecular weight excluding hydrogens is 713 g/mol. The molecule has 0 unspecified atom stereocenters. The largest absolute Gasteiger partial charge is 0.355 e. The lowest BCUT2D eigenvalue weighted by molar-refractivity contribution is 0.411. The molecule has 0 fully saturated rings. The summed E-state index contributed by atoms with van der Waals surface area (Å²) in [7, 11) is 0. The topological polar surface area (TPSA) is 17.0 Å². The third-order valence-electron chi connectivity index (χ3n) is 11.1. The molecule has 6 aromatic carbocycles. The lowest BCUT2D eigenvalue weighted by Gasteiger charge is -2.22. The zero-order chi connectivity index (χ0) is 42.5. The lowest BCUT2D eigenvalue weighted by atomic mass is 9.84. The monoisotopic (exact) mass is 781 g/mol. The maximum absolute atomic E-state index is 3.83. The molecule has 0 aliphatic heterocycles. The van der Waals surface area contributed by atoms with Crippen LogP contribution in [0, 0.1) is 28.6 Å². The summed E-state index contributed by atoms with van der Waals surface area (Å²) in [6.07, 6.45) is 4.18. The van der Waals surface area contributed by atoms with Gasteiger partial charge in [-0.25, -0.2) is 0 Å². The van der Waals surface area contributed by atoms with Gasteiger partial charge in [-0.1, -0.05) is 144 Å². The first-order valence-corrected chi connectivity index (χ1v) is 21.8. The molecule has 1 heterocycles. The summed E-state index contributed by atoms with van der Waals surface area (Å²) in [5, 5.41) is 6.50. The summed E-state index contributed by atoms with van der Waals surface area (Å²) < 4.78 is 2.45. The first-order valence-electron chi connectivity index (χ1n) is 21.8. The Hall–Kier alpha value is -5.08. The van der Waals surface area contributed by atoms with E-state index in [1.54, 1.807) is 0 Å². The van der Waals surface area contributed by atoms with E-state index in [1.165, 1.54) is 77.6 Å². The van der Waals surface area contributed by atoms with E-state index in [4.69, 9.17) is 0 Å². The van der Waals surface area contributed by atoms with Crippen molar-refractivity contribution in [2.75, 3.05) is 5.32 Å². The molecule has 0 bridgehead atoms. The molecule has 7 rings (SSSR count). The van der Waals surface area contributed by atoms with Gasteiger partial charge in [0.25, 0.3) is 0 Å². The second-order valence-electron chi connectivity index (χ2n) is 22.3. The molecule has 0 radical (unpaired) electrons. The quantitative estimate of drug-likeness (QED) is 0.154. The zero-order valence-corrected chi connectivity index (χ0v) is 38.3. The van der Waals surface area contributed by atoms with Gasteiger partial charge >= 0.3 is 0 Å². The number of nitrogens with zero attached hydrogens (tertiary/aromatic N) is 1. The van der Waals surface area contributed by atoms with Gasteiger partial charge in [-0.05, 0) is 159 Å². The minimum atomic E-state index is 0.207. The minimum absolute atomic E-state index is 0.207. The number of anilines is 2. The summed E-state index contributed by atoms with van der Waals surface area (Å²) in [6.45, 7) is 30.1. The van der Waals surface area contributed by atoms with Crippen LogP contribution in [-0.2, 0) is 25.7 Å². The van der Waals surface area contributed by atoms with Crippen LogP contribution in [0.2, 0.25) is 0 Å². The van der Waals surface area contributed by atoms with E-state index in [9.17, 15) is 0 Å². The van der Waals surface area contributed by atoms with Crippen LogP contribution in [0.5, 0.6) is 0 Å². The van der Waals surface area contributed by atoms with Crippen molar-refractivity contribution in [3.05, 3.63) is 149 Å². The summed E-state index contributed by atoms with van der Waals surface area (Å²) in [4.78, 5) is 0. The summed E-state index contributed by atoms with van der Waals surface area (Å²) >= 11 is 0. The molecule has 0 spiro atoms. The molecule has 0 aliphatic carbocycles. The van der Waals surface area contributed by atoms with Crippen LogP contribution >= 0.6 is 0 Å². The van der Waals surface area contributed by atoms with E-state index in [-0.39, 0.29) is 21.7 Å². The number of hydrogen-bond donors (Lipinski definition) is 1. The predicted octanol–water partition coefficient (Wildman–Crippen LogP) is 16.5. The van der Waals surface area contributed by atoms with E-state index < -0.39 is 0 Å². The molecular formula is C57H68N2. The van der Waals surface area contributed by atoms with Gasteiger partial charge in [0.05, 0.1) is 11.0 Å². The second kappa shape index (κ2) is 15.8. The molecule has 0 aliphatic rings. The summed E-state index contributed by atoms with van der Waals surface area (Å²) in [6, 6.07) is 46.3. The number of fused-ring (bicyclic) bond motifs is 3. The van der Waals surface area contributed by atoms with Gasteiger partial charge in [-0.2, -0.15) is 0 Å². The van der Waals surface area contributed by atoms with Crippen molar-refractivity contribution >= 4 is 33.2 Å². The molecule has 0 saturated carbocycles. The van der Waals surface area contributed by atoms with Crippen molar-refractivity contribution in [3.8, 4) is 27.9 Å². The maximum atomic E-state index is 3.83. The van der Waals surface area contributed by atoms with E-state index in [1.807, 2.05) is 0 Å². The van der Waals surface area contributed by atoms with E-state index in [0.29, 0.717) is 0 Å². The fourth-order valence-corrected chi connectivity index (χ4v) is 8.87. The Kier molecular flexibility index (Phi) is 11.3. The summed E-state index contributed by atoms with van der Waals surface area (Å²) in [5.41, 5.74) is 18.6. The van der Waals surface area contributed by atoms with Gasteiger partial charge in [0.1, 0.15) is 0 Å². The highest BCUT2D eigenvalue weighted by molar-refractivity contribution is 6.09. The number of aromatic nitrogens is 1. The number of benzene rings is 6. The molecule has 2 nitrogen and oxygen atoms in total. The lowest BCUT2D eigenvalue weighted by Crippen LogP contribution is -2.10. The van der Waals surface area contributed by atoms with Crippen LogP contribution in [0.15, 0.2) is 121 Å². The number of hydrogen-bond acceptors (Lipinski definition) is 1. The first-order chi connectivity index (χ1) is 27.6. The molecule has 0 amide bonds. The fraction of sp³-hybridized carbons (Fsp3) is 0.368. The van der Waals surface area contributed by atoms with Crippen molar-refractivity contribution in [3.63, 3.8) is 0 Å². The van der Waals surface area contributed by atoms with Gasteiger partial charge in [0, 0.05) is 33.4 Å². The van der Waals surface area contributed by atoms with E-state index in [0.717, 1.165) is 37.1 Å². The van der Waals surface area contributed by atoms with Gasteiger partial charge in [-0.3, -0.25) is 0 Å². The molecule has 2 heteroatoms. The van der Waals surface area contributed by atoms with Crippen LogP contribution in [0.3, 0.4) is 0 Å². The SMILES string of the molecule is Cc1ccc(CC(C)(C)C)cc1-c1cc(CC(C)(C)C)ccc1Nc1ccc(-c2ccc(-n3c4ccc(CC(C)(C)C)cc4c4cc(CC(C)(C)C)ccc43)cc2)cc1. The van der Waals surface area contributed by atoms with E-state index in [2.05, 4.69) is 221 Å². The maximum Gasteiger partial charge on any atom is 0.0541 e. The van der Waals surface area contributed by atoms with Crippen LogP contribution < -0.4 is 5.32 Å². The van der Waals surface area contributed by atoms with Gasteiger partial charge in [0.2, 0.25) is 0 Å². The highest BCUT2D eigenvalue weighted by Crippen LogP contribution is 2.39. The smallest absolute Gasteiger partial charge is 0.0541 e. The highest BCUT2D eigenvalue weighted by Gasteiger charge is 2.20. The zero-order valence-electron chi connectivity index (χ0n) is 38.3. The second-order valence-corrected chi connectivity index (χ2v) is 22.3. The minimum Gasteiger partial charge on any atom is -0.355 e. The highest BCUT2D eigenvalue weighted by atomic mass is 15.0. The third kappa shape index (κ3) is 10.4. The van der Waals surface area contributed by atoms with Gasteiger partial charge in [-0.15, -0.1) is 0 Å². The Balaban J connectivity index is 1.19. The van der Waals surface area contributed by atoms with Crippen molar-refractivity contribution in [2.24, 2.45) is 21.7 Å². The van der Waals surface area contributed by atoms with E-state index >= 15 is 0 Å². The van der Waals surface area contributed by atoms with Gasteiger partial charge < -0.3 is 9.88 Å². The average molecular weight is 781 g/mol. The Bertz CT molecular complexity index is 2510. The molecule has 306 valence electrons. The van der Waals surface area contributed by atoms with Gasteiger partial charge in [0.15, 0.2) is 0 Å². The molecule has 1 N–H and O–H groups in total. The summed E-state index contributed by atoms with van der Waals surface area (Å²) in [5.74, 6) is 0. The number of rotatable bonds is 9. The molecule has 0 saturated heterocycles.